The number of halogens is 1. The third-order valence-corrected chi connectivity index (χ3v) is 5.88. The van der Waals surface area contributed by atoms with E-state index in [-0.39, 0.29) is 17.2 Å². The third-order valence-electron chi connectivity index (χ3n) is 4.62. The summed E-state index contributed by atoms with van der Waals surface area (Å²) in [5, 5.41) is 3.95. The molecule has 1 heterocycles. The molecular weight excluding hydrogens is 448 g/mol. The van der Waals surface area contributed by atoms with Crippen LogP contribution in [0, 0.1) is 0 Å². The molecule has 0 atom stereocenters. The predicted octanol–water partition coefficient (Wildman–Crippen LogP) is 3.87. The van der Waals surface area contributed by atoms with E-state index in [2.05, 4.69) is 10.3 Å². The van der Waals surface area contributed by atoms with Gasteiger partial charge in [0.05, 0.1) is 27.4 Å². The highest BCUT2D eigenvalue weighted by atomic mass is 35.5. The molecule has 3 aromatic carbocycles. The van der Waals surface area contributed by atoms with E-state index in [1.807, 2.05) is 0 Å². The molecule has 7 nitrogen and oxygen atoms in total. The second kappa shape index (κ2) is 9.25. The number of carbonyl (C=O) groups is 2. The van der Waals surface area contributed by atoms with Gasteiger partial charge in [0.2, 0.25) is 11.8 Å². The number of rotatable bonds is 6. The van der Waals surface area contributed by atoms with Gasteiger partial charge in [-0.2, -0.15) is 0 Å². The van der Waals surface area contributed by atoms with Crippen molar-refractivity contribution in [2.75, 3.05) is 11.1 Å². The molecule has 0 fully saturated rings. The van der Waals surface area contributed by atoms with Gasteiger partial charge in [-0.1, -0.05) is 47.6 Å². The van der Waals surface area contributed by atoms with Crippen LogP contribution in [0.4, 0.5) is 5.69 Å². The number of fused-ring (bicyclic) bond motifs is 1. The lowest BCUT2D eigenvalue weighted by molar-refractivity contribution is -0.113. The highest BCUT2D eigenvalue weighted by Crippen LogP contribution is 2.25. The Balaban J connectivity index is 1.63. The Morgan fingerprint density at radius 1 is 1.00 bits per heavy atom. The maximum absolute atomic E-state index is 13.2. The normalized spacial score (nSPS) is 10.8. The Bertz CT molecular complexity index is 1390. The van der Waals surface area contributed by atoms with Crippen LogP contribution in [-0.4, -0.2) is 27.1 Å². The van der Waals surface area contributed by atoms with Gasteiger partial charge in [-0.15, -0.1) is 0 Å². The largest absolute Gasteiger partial charge is 0.366 e. The molecule has 0 radical (unpaired) electrons. The molecule has 160 valence electrons. The van der Waals surface area contributed by atoms with Gasteiger partial charge < -0.3 is 11.1 Å². The number of nitrogens with two attached hydrogens (primary N) is 1. The average Bonchev–Trinajstić information content (AvgIpc) is 2.79. The molecule has 0 spiro atoms. The molecule has 0 saturated carbocycles. The first-order chi connectivity index (χ1) is 15.4. The van der Waals surface area contributed by atoms with Crippen molar-refractivity contribution in [1.29, 1.82) is 0 Å². The summed E-state index contributed by atoms with van der Waals surface area (Å²) >= 11 is 7.47. The topological polar surface area (TPSA) is 107 Å². The van der Waals surface area contributed by atoms with E-state index in [1.54, 1.807) is 60.7 Å². The maximum atomic E-state index is 13.2. The number of nitrogens with one attached hydrogen (secondary N) is 1. The molecule has 0 aliphatic rings. The van der Waals surface area contributed by atoms with Gasteiger partial charge in [0.25, 0.3) is 5.56 Å². The highest BCUT2D eigenvalue weighted by molar-refractivity contribution is 7.99. The fraction of sp³-hybridized carbons (Fsp3) is 0.0435. The zero-order chi connectivity index (χ0) is 22.7. The minimum absolute atomic E-state index is 0.00675. The molecule has 9 heteroatoms. The number of thioether (sulfide) groups is 1. The first-order valence-electron chi connectivity index (χ1n) is 9.53. The van der Waals surface area contributed by atoms with Crippen LogP contribution in [-0.2, 0) is 4.79 Å². The Kier molecular flexibility index (Phi) is 6.25. The van der Waals surface area contributed by atoms with Gasteiger partial charge in [0, 0.05) is 11.3 Å². The van der Waals surface area contributed by atoms with Crippen molar-refractivity contribution < 1.29 is 9.59 Å². The fourth-order valence-electron chi connectivity index (χ4n) is 3.10. The molecule has 4 rings (SSSR count). The van der Waals surface area contributed by atoms with Crippen molar-refractivity contribution in [3.8, 4) is 5.69 Å². The van der Waals surface area contributed by atoms with E-state index in [0.29, 0.717) is 38.0 Å². The number of para-hydroxylation sites is 2. The highest BCUT2D eigenvalue weighted by Gasteiger charge is 2.16. The lowest BCUT2D eigenvalue weighted by Crippen LogP contribution is -2.23. The smallest absolute Gasteiger partial charge is 0.266 e. The van der Waals surface area contributed by atoms with Crippen LogP contribution in [0.1, 0.15) is 10.4 Å². The molecule has 0 aliphatic heterocycles. The number of anilines is 1. The van der Waals surface area contributed by atoms with E-state index in [0.717, 1.165) is 11.8 Å². The average molecular weight is 465 g/mol. The number of hydrogen-bond donors (Lipinski definition) is 2. The minimum atomic E-state index is -0.543. The Labute approximate surface area is 192 Å². The van der Waals surface area contributed by atoms with Gasteiger partial charge in [0.1, 0.15) is 0 Å². The van der Waals surface area contributed by atoms with Crippen molar-refractivity contribution in [3.05, 3.63) is 93.7 Å². The number of primary amides is 1. The van der Waals surface area contributed by atoms with Crippen LogP contribution in [0.3, 0.4) is 0 Å². The van der Waals surface area contributed by atoms with Crippen molar-refractivity contribution in [1.82, 2.24) is 9.55 Å². The second-order valence-electron chi connectivity index (χ2n) is 6.78. The number of carbonyl (C=O) groups excluding carboxylic acids is 2. The van der Waals surface area contributed by atoms with Crippen molar-refractivity contribution in [2.24, 2.45) is 5.73 Å². The van der Waals surface area contributed by atoms with E-state index in [1.165, 1.54) is 16.7 Å². The summed E-state index contributed by atoms with van der Waals surface area (Å²) in [6.45, 7) is 0. The molecular formula is C23H17ClN4O3S. The molecule has 0 unspecified atom stereocenters. The lowest BCUT2D eigenvalue weighted by atomic mass is 10.2. The van der Waals surface area contributed by atoms with Gasteiger partial charge in [0.15, 0.2) is 5.16 Å². The van der Waals surface area contributed by atoms with E-state index in [9.17, 15) is 14.4 Å². The van der Waals surface area contributed by atoms with Crippen LogP contribution in [0.5, 0.6) is 0 Å². The van der Waals surface area contributed by atoms with Gasteiger partial charge in [-0.05, 0) is 48.5 Å². The molecule has 2 amide bonds. The maximum Gasteiger partial charge on any atom is 0.266 e. The SMILES string of the molecule is NC(=O)c1ccc(NC(=O)CSc2nc3ccccc3c(=O)n2-c2ccccc2Cl)cc1. The van der Waals surface area contributed by atoms with Crippen molar-refractivity contribution >= 4 is 51.8 Å². The second-order valence-corrected chi connectivity index (χ2v) is 8.13. The summed E-state index contributed by atoms with van der Waals surface area (Å²) in [7, 11) is 0. The standard InChI is InChI=1S/C23H17ClN4O3S/c24-17-6-2-4-8-19(17)28-22(31)16-5-1-3-7-18(16)27-23(28)32-13-20(29)26-15-11-9-14(10-12-15)21(25)30/h1-12H,13H2,(H2,25,30)(H,26,29). The summed E-state index contributed by atoms with van der Waals surface area (Å²) in [5.74, 6) is -0.833. The summed E-state index contributed by atoms with van der Waals surface area (Å²) < 4.78 is 1.42. The molecule has 1 aromatic heterocycles. The summed E-state index contributed by atoms with van der Waals surface area (Å²) in [4.78, 5) is 41.5. The Morgan fingerprint density at radius 3 is 2.41 bits per heavy atom. The predicted molar refractivity (Wildman–Crippen MR) is 127 cm³/mol. The summed E-state index contributed by atoms with van der Waals surface area (Å²) in [5.41, 5.74) is 6.85. The summed E-state index contributed by atoms with van der Waals surface area (Å²) in [6.07, 6.45) is 0. The number of aromatic nitrogens is 2. The van der Waals surface area contributed by atoms with Gasteiger partial charge in [-0.25, -0.2) is 4.98 Å². The van der Waals surface area contributed by atoms with E-state index < -0.39 is 5.91 Å². The molecule has 3 N–H and O–H groups in total. The molecule has 0 aliphatic carbocycles. The van der Waals surface area contributed by atoms with E-state index >= 15 is 0 Å². The van der Waals surface area contributed by atoms with Gasteiger partial charge in [-0.3, -0.25) is 19.0 Å². The van der Waals surface area contributed by atoms with Crippen LogP contribution >= 0.6 is 23.4 Å². The van der Waals surface area contributed by atoms with Crippen LogP contribution in [0.15, 0.2) is 82.7 Å². The van der Waals surface area contributed by atoms with Crippen LogP contribution in [0.25, 0.3) is 16.6 Å². The number of nitrogens with zero attached hydrogens (tertiary/aromatic N) is 2. The lowest BCUT2D eigenvalue weighted by Gasteiger charge is -2.14. The van der Waals surface area contributed by atoms with Crippen molar-refractivity contribution in [3.63, 3.8) is 0 Å². The number of hydrogen-bond acceptors (Lipinski definition) is 5. The quantitative estimate of drug-likeness (QED) is 0.332. The minimum Gasteiger partial charge on any atom is -0.366 e. The van der Waals surface area contributed by atoms with Crippen LogP contribution in [0.2, 0.25) is 5.02 Å². The first kappa shape index (κ1) is 21.6. The van der Waals surface area contributed by atoms with Crippen LogP contribution < -0.4 is 16.6 Å². The number of benzene rings is 3. The zero-order valence-corrected chi connectivity index (χ0v) is 18.2. The molecule has 0 bridgehead atoms. The van der Waals surface area contributed by atoms with Crippen molar-refractivity contribution in [2.45, 2.75) is 5.16 Å². The first-order valence-corrected chi connectivity index (χ1v) is 10.9. The number of amides is 2. The zero-order valence-electron chi connectivity index (χ0n) is 16.6. The fourth-order valence-corrected chi connectivity index (χ4v) is 4.13. The third kappa shape index (κ3) is 4.51. The Hall–Kier alpha value is -3.62. The molecule has 4 aromatic rings. The Morgan fingerprint density at radius 2 is 1.69 bits per heavy atom. The molecule has 32 heavy (non-hydrogen) atoms. The summed E-state index contributed by atoms with van der Waals surface area (Å²) in [6, 6.07) is 20.2. The molecule has 0 saturated heterocycles. The van der Waals surface area contributed by atoms with E-state index in [4.69, 9.17) is 17.3 Å². The van der Waals surface area contributed by atoms with Gasteiger partial charge >= 0.3 is 0 Å². The monoisotopic (exact) mass is 464 g/mol.